The molecule has 0 radical (unpaired) electrons. The Morgan fingerprint density at radius 3 is 2.44 bits per heavy atom. The molecule has 32 heavy (non-hydrogen) atoms. The molecule has 0 amide bonds. The van der Waals surface area contributed by atoms with Crippen molar-refractivity contribution >= 4 is 28.3 Å². The Balaban J connectivity index is 1.33. The third kappa shape index (κ3) is 5.38. The number of aromatic nitrogens is 2. The van der Waals surface area contributed by atoms with E-state index in [0.717, 1.165) is 49.0 Å². The van der Waals surface area contributed by atoms with Crippen LogP contribution >= 0.6 is 23.1 Å². The number of hydrogen-bond donors (Lipinski definition) is 0. The largest absolute Gasteiger partial charge is 0.416 e. The van der Waals surface area contributed by atoms with Crippen LogP contribution in [0.3, 0.4) is 0 Å². The highest BCUT2D eigenvalue weighted by atomic mass is 35.5. The van der Waals surface area contributed by atoms with Crippen molar-refractivity contribution in [3.8, 4) is 23.2 Å². The van der Waals surface area contributed by atoms with E-state index in [4.69, 9.17) is 11.6 Å². The lowest BCUT2D eigenvalue weighted by Gasteiger charge is -2.33. The molecule has 0 N–H and O–H groups in total. The van der Waals surface area contributed by atoms with Gasteiger partial charge in [0.15, 0.2) is 5.82 Å². The van der Waals surface area contributed by atoms with Crippen molar-refractivity contribution in [2.75, 3.05) is 37.6 Å². The highest BCUT2D eigenvalue weighted by Crippen LogP contribution is 2.31. The third-order valence-electron chi connectivity index (χ3n) is 4.98. The molecule has 2 heterocycles. The van der Waals surface area contributed by atoms with Gasteiger partial charge in [0, 0.05) is 48.8 Å². The van der Waals surface area contributed by atoms with Crippen LogP contribution in [0.1, 0.15) is 11.1 Å². The smallest absolute Gasteiger partial charge is 0.344 e. The Morgan fingerprint density at radius 2 is 1.75 bits per heavy atom. The second kappa shape index (κ2) is 9.45. The van der Waals surface area contributed by atoms with Gasteiger partial charge in [-0.15, -0.1) is 0 Å². The number of benzene rings is 2. The van der Waals surface area contributed by atoms with Crippen molar-refractivity contribution < 1.29 is 17.6 Å². The molecule has 1 saturated heterocycles. The minimum absolute atomic E-state index is 0.169. The van der Waals surface area contributed by atoms with Crippen molar-refractivity contribution in [2.24, 2.45) is 0 Å². The normalized spacial score (nSPS) is 14.8. The van der Waals surface area contributed by atoms with Gasteiger partial charge < -0.3 is 4.90 Å². The van der Waals surface area contributed by atoms with Crippen molar-refractivity contribution in [3.05, 3.63) is 64.4 Å². The molecular formula is C22H17ClF4N4S. The number of rotatable bonds is 3. The van der Waals surface area contributed by atoms with Crippen LogP contribution in [0.5, 0.6) is 0 Å². The highest BCUT2D eigenvalue weighted by Gasteiger charge is 2.30. The van der Waals surface area contributed by atoms with Crippen molar-refractivity contribution in [1.82, 2.24) is 14.3 Å². The second-order valence-electron chi connectivity index (χ2n) is 7.16. The van der Waals surface area contributed by atoms with E-state index in [0.29, 0.717) is 12.4 Å². The second-order valence-corrected chi connectivity index (χ2v) is 8.30. The molecule has 4 nitrogen and oxygen atoms in total. The Kier molecular flexibility index (Phi) is 6.65. The predicted octanol–water partition coefficient (Wildman–Crippen LogP) is 5.19. The van der Waals surface area contributed by atoms with Gasteiger partial charge in [-0.3, -0.25) is 4.90 Å². The first-order chi connectivity index (χ1) is 15.3. The topological polar surface area (TPSA) is 32.3 Å². The van der Waals surface area contributed by atoms with Gasteiger partial charge in [-0.1, -0.05) is 23.4 Å². The Hall–Kier alpha value is -2.67. The minimum atomic E-state index is -4.43. The molecule has 1 fully saturated rings. The molecule has 0 spiro atoms. The van der Waals surface area contributed by atoms with Gasteiger partial charge in [0.05, 0.1) is 17.1 Å². The third-order valence-corrected chi connectivity index (χ3v) is 6.09. The molecule has 0 bridgehead atoms. The zero-order chi connectivity index (χ0) is 22.7. The maximum atomic E-state index is 13.1. The average molecular weight is 481 g/mol. The molecule has 4 rings (SSSR count). The molecule has 3 aromatic rings. The van der Waals surface area contributed by atoms with Crippen molar-refractivity contribution in [3.63, 3.8) is 0 Å². The first-order valence-corrected chi connectivity index (χ1v) is 10.9. The van der Waals surface area contributed by atoms with E-state index in [1.165, 1.54) is 29.7 Å². The monoisotopic (exact) mass is 480 g/mol. The molecule has 0 aliphatic carbocycles. The summed E-state index contributed by atoms with van der Waals surface area (Å²) in [5.74, 6) is 5.94. The highest BCUT2D eigenvalue weighted by molar-refractivity contribution is 7.09. The minimum Gasteiger partial charge on any atom is -0.344 e. The molecule has 1 aromatic heterocycles. The Bertz CT molecular complexity index is 1140. The SMILES string of the molecule is Fc1ccc(-c2nsc(N3CCN(CC#Cc4cc(C(F)(F)F)ccc4Cl)CC3)n2)cc1. The molecular weight excluding hydrogens is 464 g/mol. The summed E-state index contributed by atoms with van der Waals surface area (Å²) in [5.41, 5.74) is 0.162. The Morgan fingerprint density at radius 1 is 1.03 bits per heavy atom. The van der Waals surface area contributed by atoms with Gasteiger partial charge in [-0.05, 0) is 42.5 Å². The first-order valence-electron chi connectivity index (χ1n) is 9.72. The molecule has 1 aliphatic rings. The van der Waals surface area contributed by atoms with E-state index < -0.39 is 11.7 Å². The van der Waals surface area contributed by atoms with Crippen molar-refractivity contribution in [2.45, 2.75) is 6.18 Å². The van der Waals surface area contributed by atoms with Gasteiger partial charge in [-0.25, -0.2) is 4.39 Å². The van der Waals surface area contributed by atoms with Gasteiger partial charge in [-0.2, -0.15) is 22.5 Å². The zero-order valence-electron chi connectivity index (χ0n) is 16.7. The van der Waals surface area contributed by atoms with Crippen LogP contribution in [0.15, 0.2) is 42.5 Å². The summed E-state index contributed by atoms with van der Waals surface area (Å²) in [6.07, 6.45) is -4.43. The summed E-state index contributed by atoms with van der Waals surface area (Å²) >= 11 is 7.28. The molecule has 166 valence electrons. The maximum absolute atomic E-state index is 13.1. The lowest BCUT2D eigenvalue weighted by molar-refractivity contribution is -0.137. The van der Waals surface area contributed by atoms with E-state index in [1.807, 2.05) is 0 Å². The summed E-state index contributed by atoms with van der Waals surface area (Å²) < 4.78 is 56.1. The quantitative estimate of drug-likeness (QED) is 0.381. The summed E-state index contributed by atoms with van der Waals surface area (Å²) in [6, 6.07) is 9.19. The summed E-state index contributed by atoms with van der Waals surface area (Å²) in [4.78, 5) is 8.80. The average Bonchev–Trinajstić information content (AvgIpc) is 3.25. The Labute approximate surface area is 191 Å². The van der Waals surface area contributed by atoms with Gasteiger partial charge >= 0.3 is 6.18 Å². The van der Waals surface area contributed by atoms with E-state index in [2.05, 4.69) is 31.0 Å². The van der Waals surface area contributed by atoms with Crippen LogP contribution in [-0.2, 0) is 6.18 Å². The fourth-order valence-electron chi connectivity index (χ4n) is 3.20. The van der Waals surface area contributed by atoms with Gasteiger partial charge in [0.25, 0.3) is 0 Å². The molecule has 0 atom stereocenters. The predicted molar refractivity (Wildman–Crippen MR) is 117 cm³/mol. The zero-order valence-corrected chi connectivity index (χ0v) is 18.2. The van der Waals surface area contributed by atoms with E-state index in [9.17, 15) is 17.6 Å². The molecule has 10 heteroatoms. The van der Waals surface area contributed by atoms with E-state index in [-0.39, 0.29) is 16.4 Å². The molecule has 0 unspecified atom stereocenters. The summed E-state index contributed by atoms with van der Waals surface area (Å²) in [5, 5.41) is 0.995. The van der Waals surface area contributed by atoms with Crippen LogP contribution in [0, 0.1) is 17.7 Å². The lowest BCUT2D eigenvalue weighted by atomic mass is 10.1. The van der Waals surface area contributed by atoms with Crippen LogP contribution in [-0.4, -0.2) is 47.0 Å². The molecule has 1 aliphatic heterocycles. The number of piperazine rings is 1. The summed E-state index contributed by atoms with van der Waals surface area (Å²) in [6.45, 7) is 3.35. The number of anilines is 1. The number of nitrogens with zero attached hydrogens (tertiary/aromatic N) is 4. The summed E-state index contributed by atoms with van der Waals surface area (Å²) in [7, 11) is 0. The number of hydrogen-bond acceptors (Lipinski definition) is 5. The van der Waals surface area contributed by atoms with Gasteiger partial charge in [0.2, 0.25) is 5.13 Å². The van der Waals surface area contributed by atoms with Crippen molar-refractivity contribution in [1.29, 1.82) is 0 Å². The number of alkyl halides is 3. The van der Waals surface area contributed by atoms with Crippen LogP contribution < -0.4 is 4.90 Å². The fraction of sp³-hybridized carbons (Fsp3) is 0.273. The van der Waals surface area contributed by atoms with Crippen LogP contribution in [0.25, 0.3) is 11.4 Å². The van der Waals surface area contributed by atoms with E-state index in [1.54, 1.807) is 12.1 Å². The number of halogens is 5. The lowest BCUT2D eigenvalue weighted by Crippen LogP contribution is -2.46. The standard InChI is InChI=1S/C22H17ClF4N4S/c23-19-8-5-17(22(25,26)27)14-16(19)2-1-9-30-10-12-31(13-11-30)21-28-20(29-32-21)15-3-6-18(24)7-4-15/h3-8,14H,9-13H2. The molecule has 2 aromatic carbocycles. The first kappa shape index (κ1) is 22.5. The maximum Gasteiger partial charge on any atom is 0.416 e. The van der Waals surface area contributed by atoms with Crippen LogP contribution in [0.2, 0.25) is 5.02 Å². The van der Waals surface area contributed by atoms with Gasteiger partial charge in [0.1, 0.15) is 5.82 Å². The molecule has 0 saturated carbocycles. The van der Waals surface area contributed by atoms with E-state index >= 15 is 0 Å². The van der Waals surface area contributed by atoms with Crippen LogP contribution in [0.4, 0.5) is 22.7 Å². The fourth-order valence-corrected chi connectivity index (χ4v) is 4.11.